The monoisotopic (exact) mass is 405 g/mol. The van der Waals surface area contributed by atoms with E-state index in [1.807, 2.05) is 24.8 Å². The van der Waals surface area contributed by atoms with Crippen molar-refractivity contribution < 1.29 is 9.18 Å². The fraction of sp³-hybridized carbons (Fsp3) is 0.304. The Morgan fingerprint density at radius 2 is 2.03 bits per heavy atom. The fourth-order valence-corrected chi connectivity index (χ4v) is 3.84. The van der Waals surface area contributed by atoms with Crippen molar-refractivity contribution >= 4 is 11.6 Å². The van der Waals surface area contributed by atoms with E-state index in [4.69, 9.17) is 5.73 Å². The summed E-state index contributed by atoms with van der Waals surface area (Å²) in [6.45, 7) is 5.03. The lowest BCUT2D eigenvalue weighted by molar-refractivity contribution is -0.129. The van der Waals surface area contributed by atoms with E-state index in [1.54, 1.807) is 24.4 Å². The molecule has 0 bridgehead atoms. The molecule has 1 fully saturated rings. The number of nitrogens with zero attached hydrogens (tertiary/aromatic N) is 4. The lowest BCUT2D eigenvalue weighted by atomic mass is 10.0. The van der Waals surface area contributed by atoms with Gasteiger partial charge in [-0.15, -0.1) is 0 Å². The number of benzene rings is 1. The minimum Gasteiger partial charge on any atom is -0.397 e. The highest BCUT2D eigenvalue weighted by atomic mass is 19.1. The Kier molecular flexibility index (Phi) is 5.44. The van der Waals surface area contributed by atoms with Crippen molar-refractivity contribution in [2.24, 2.45) is 0 Å². The number of hydrogen-bond acceptors (Lipinski definition) is 5. The predicted molar refractivity (Wildman–Crippen MR) is 113 cm³/mol. The van der Waals surface area contributed by atoms with Crippen LogP contribution in [-0.4, -0.2) is 38.8 Å². The lowest BCUT2D eigenvalue weighted by Crippen LogP contribution is -2.30. The van der Waals surface area contributed by atoms with Crippen molar-refractivity contribution in [2.45, 2.75) is 32.6 Å². The summed E-state index contributed by atoms with van der Waals surface area (Å²) in [5.74, 6) is 0.629. The number of likely N-dealkylation sites (tertiary alicyclic amines) is 1. The normalized spacial score (nSPS) is 16.1. The highest BCUT2D eigenvalue weighted by Gasteiger charge is 2.29. The number of aromatic nitrogens is 3. The van der Waals surface area contributed by atoms with Gasteiger partial charge in [-0.3, -0.25) is 9.78 Å². The number of nitrogens with two attached hydrogens (primary N) is 1. The third kappa shape index (κ3) is 4.15. The summed E-state index contributed by atoms with van der Waals surface area (Å²) in [7, 11) is 0. The molecule has 1 aliphatic heterocycles. The Morgan fingerprint density at radius 1 is 1.20 bits per heavy atom. The Labute approximate surface area is 175 Å². The maximum atomic E-state index is 13.4. The molecule has 0 aliphatic carbocycles. The van der Waals surface area contributed by atoms with E-state index in [0.717, 1.165) is 29.1 Å². The second-order valence-corrected chi connectivity index (χ2v) is 7.75. The van der Waals surface area contributed by atoms with Gasteiger partial charge in [-0.2, -0.15) is 0 Å². The fourth-order valence-electron chi connectivity index (χ4n) is 3.84. The maximum absolute atomic E-state index is 13.4. The molecule has 30 heavy (non-hydrogen) atoms. The molecule has 3 aromatic rings. The molecule has 0 spiro atoms. The molecular formula is C23H24FN5O. The molecule has 154 valence electrons. The van der Waals surface area contributed by atoms with Gasteiger partial charge >= 0.3 is 0 Å². The van der Waals surface area contributed by atoms with E-state index < -0.39 is 0 Å². The zero-order chi connectivity index (χ0) is 21.3. The van der Waals surface area contributed by atoms with Crippen molar-refractivity contribution in [3.63, 3.8) is 0 Å². The summed E-state index contributed by atoms with van der Waals surface area (Å²) >= 11 is 0. The summed E-state index contributed by atoms with van der Waals surface area (Å²) in [5, 5.41) is 0. The van der Waals surface area contributed by atoms with Crippen molar-refractivity contribution in [2.75, 3.05) is 18.8 Å². The Bertz CT molecular complexity index is 1100. The predicted octanol–water partition coefficient (Wildman–Crippen LogP) is 3.44. The number of hydrogen-bond donors (Lipinski definition) is 1. The second kappa shape index (κ2) is 8.18. The third-order valence-corrected chi connectivity index (χ3v) is 5.51. The van der Waals surface area contributed by atoms with Gasteiger partial charge in [-0.1, -0.05) is 0 Å². The zero-order valence-electron chi connectivity index (χ0n) is 17.1. The summed E-state index contributed by atoms with van der Waals surface area (Å²) in [6, 6.07) is 9.98. The summed E-state index contributed by atoms with van der Waals surface area (Å²) < 4.78 is 13.4. The van der Waals surface area contributed by atoms with Gasteiger partial charge in [0.2, 0.25) is 5.91 Å². The van der Waals surface area contributed by atoms with Gasteiger partial charge in [-0.05, 0) is 62.2 Å². The van der Waals surface area contributed by atoms with Crippen LogP contribution in [0.15, 0.2) is 42.6 Å². The van der Waals surface area contributed by atoms with Crippen molar-refractivity contribution in [1.29, 1.82) is 0 Å². The standard InChI is InChI=1S/C23H24FN5O/c1-14-11-17(24)3-4-18(14)20-6-5-19(25)21(28-20)12-22(30)29-10-8-16(13-29)23-26-9-7-15(2)27-23/h3-7,9,11,16H,8,10,12-13,25H2,1-2H3. The summed E-state index contributed by atoms with van der Waals surface area (Å²) in [5.41, 5.74) is 10.3. The first-order valence-electron chi connectivity index (χ1n) is 10.00. The maximum Gasteiger partial charge on any atom is 0.228 e. The smallest absolute Gasteiger partial charge is 0.228 e. The van der Waals surface area contributed by atoms with Crippen LogP contribution in [0.2, 0.25) is 0 Å². The number of nitrogen functional groups attached to an aromatic ring is 1. The minimum absolute atomic E-state index is 0.0164. The average Bonchev–Trinajstić information content (AvgIpc) is 3.20. The Hall–Kier alpha value is -3.35. The van der Waals surface area contributed by atoms with Gasteiger partial charge in [0, 0.05) is 36.5 Å². The van der Waals surface area contributed by atoms with Gasteiger partial charge in [-0.25, -0.2) is 14.4 Å². The molecule has 4 rings (SSSR count). The number of carbonyl (C=O) groups is 1. The van der Waals surface area contributed by atoms with Crippen LogP contribution in [-0.2, 0) is 11.2 Å². The van der Waals surface area contributed by atoms with Gasteiger partial charge in [0.15, 0.2) is 0 Å². The highest BCUT2D eigenvalue weighted by molar-refractivity contribution is 5.80. The number of pyridine rings is 1. The largest absolute Gasteiger partial charge is 0.397 e. The molecule has 1 unspecified atom stereocenters. The number of aryl methyl sites for hydroxylation is 2. The van der Waals surface area contributed by atoms with Crippen molar-refractivity contribution in [3.8, 4) is 11.3 Å². The molecule has 1 saturated heterocycles. The van der Waals surface area contributed by atoms with E-state index in [2.05, 4.69) is 15.0 Å². The van der Waals surface area contributed by atoms with Gasteiger partial charge in [0.25, 0.3) is 0 Å². The van der Waals surface area contributed by atoms with Crippen LogP contribution < -0.4 is 5.73 Å². The average molecular weight is 405 g/mol. The van der Waals surface area contributed by atoms with E-state index in [0.29, 0.717) is 30.2 Å². The highest BCUT2D eigenvalue weighted by Crippen LogP contribution is 2.27. The van der Waals surface area contributed by atoms with E-state index in [9.17, 15) is 9.18 Å². The van der Waals surface area contributed by atoms with Crippen molar-refractivity contribution in [1.82, 2.24) is 19.9 Å². The molecule has 2 N–H and O–H groups in total. The third-order valence-electron chi connectivity index (χ3n) is 5.51. The molecule has 0 radical (unpaired) electrons. The Balaban J connectivity index is 1.49. The molecule has 1 aliphatic rings. The van der Waals surface area contributed by atoms with Crippen LogP contribution in [0.3, 0.4) is 0 Å². The molecule has 6 nitrogen and oxygen atoms in total. The van der Waals surface area contributed by atoms with Crippen LogP contribution >= 0.6 is 0 Å². The molecule has 1 amide bonds. The first kappa shape index (κ1) is 19.9. The molecule has 2 aromatic heterocycles. The number of carbonyl (C=O) groups excluding carboxylic acids is 1. The number of rotatable bonds is 4. The van der Waals surface area contributed by atoms with Crippen LogP contribution in [0.1, 0.15) is 35.1 Å². The molecule has 0 saturated carbocycles. The number of anilines is 1. The molecule has 1 aromatic carbocycles. The first-order chi connectivity index (χ1) is 14.4. The Morgan fingerprint density at radius 3 is 2.80 bits per heavy atom. The molecule has 1 atom stereocenters. The van der Waals surface area contributed by atoms with Crippen LogP contribution in [0.5, 0.6) is 0 Å². The molecule has 3 heterocycles. The van der Waals surface area contributed by atoms with E-state index >= 15 is 0 Å². The van der Waals surface area contributed by atoms with E-state index in [1.165, 1.54) is 12.1 Å². The van der Waals surface area contributed by atoms with Crippen LogP contribution in [0, 0.1) is 19.7 Å². The quantitative estimate of drug-likeness (QED) is 0.719. The second-order valence-electron chi connectivity index (χ2n) is 7.75. The number of amides is 1. The first-order valence-corrected chi connectivity index (χ1v) is 10.00. The van der Waals surface area contributed by atoms with Crippen LogP contribution in [0.4, 0.5) is 10.1 Å². The lowest BCUT2D eigenvalue weighted by Gasteiger charge is -2.17. The number of halogens is 1. The topological polar surface area (TPSA) is 85.0 Å². The SMILES string of the molecule is Cc1ccnc(C2CCN(C(=O)Cc3nc(-c4ccc(F)cc4C)ccc3N)C2)n1. The van der Waals surface area contributed by atoms with Gasteiger partial charge in [0.1, 0.15) is 11.6 Å². The summed E-state index contributed by atoms with van der Waals surface area (Å²) in [4.78, 5) is 28.2. The van der Waals surface area contributed by atoms with E-state index in [-0.39, 0.29) is 24.1 Å². The van der Waals surface area contributed by atoms with Crippen molar-refractivity contribution in [3.05, 3.63) is 71.2 Å². The van der Waals surface area contributed by atoms with Gasteiger partial charge < -0.3 is 10.6 Å². The van der Waals surface area contributed by atoms with Gasteiger partial charge in [0.05, 0.1) is 23.5 Å². The summed E-state index contributed by atoms with van der Waals surface area (Å²) in [6.07, 6.45) is 2.73. The minimum atomic E-state index is -0.289. The molecule has 7 heteroatoms. The zero-order valence-corrected chi connectivity index (χ0v) is 17.1. The van der Waals surface area contributed by atoms with Crippen LogP contribution in [0.25, 0.3) is 11.3 Å². The molecular weight excluding hydrogens is 381 g/mol.